The lowest BCUT2D eigenvalue weighted by Crippen LogP contribution is -2.37. The van der Waals surface area contributed by atoms with E-state index in [1.165, 1.54) is 36.8 Å². The van der Waals surface area contributed by atoms with Gasteiger partial charge in [0.2, 0.25) is 0 Å². The van der Waals surface area contributed by atoms with E-state index in [9.17, 15) is 0 Å². The van der Waals surface area contributed by atoms with Crippen LogP contribution in [0.3, 0.4) is 0 Å². The van der Waals surface area contributed by atoms with Gasteiger partial charge in [0.1, 0.15) is 0 Å². The summed E-state index contributed by atoms with van der Waals surface area (Å²) in [6.45, 7) is 9.04. The third kappa shape index (κ3) is 5.19. The number of benzene rings is 2. The molecule has 0 amide bonds. The minimum atomic E-state index is -0.268. The Hall–Kier alpha value is -1.60. The minimum Gasteiger partial charge on any atom is -0.360 e. The van der Waals surface area contributed by atoms with Crippen LogP contribution in [0.2, 0.25) is 0 Å². The molecule has 0 N–H and O–H groups in total. The van der Waals surface area contributed by atoms with Crippen molar-refractivity contribution >= 4 is 0 Å². The monoisotopic (exact) mass is 338 g/mol. The molecule has 0 aliphatic heterocycles. The number of rotatable bonds is 10. The molecule has 2 aromatic rings. The maximum Gasteiger partial charge on any atom is 0.0915 e. The van der Waals surface area contributed by atoms with Crippen molar-refractivity contribution in [3.63, 3.8) is 0 Å². The molecule has 0 aliphatic carbocycles. The third-order valence-electron chi connectivity index (χ3n) is 5.23. The molecule has 0 aromatic heterocycles. The fourth-order valence-corrected chi connectivity index (χ4v) is 3.62. The van der Waals surface area contributed by atoms with Gasteiger partial charge in [-0.3, -0.25) is 0 Å². The third-order valence-corrected chi connectivity index (χ3v) is 5.23. The van der Waals surface area contributed by atoms with E-state index in [2.05, 4.69) is 88.4 Å². The zero-order chi connectivity index (χ0) is 18.2. The van der Waals surface area contributed by atoms with Crippen molar-refractivity contribution < 1.29 is 4.74 Å². The van der Waals surface area contributed by atoms with Gasteiger partial charge in [-0.25, -0.2) is 0 Å². The number of ether oxygens (including phenoxy) is 1. The fourth-order valence-electron chi connectivity index (χ4n) is 3.62. The summed E-state index contributed by atoms with van der Waals surface area (Å²) in [5.41, 5.74) is 2.02. The van der Waals surface area contributed by atoms with Crippen LogP contribution in [0.5, 0.6) is 0 Å². The highest BCUT2D eigenvalue weighted by Gasteiger charge is 2.37. The molecule has 25 heavy (non-hydrogen) atoms. The smallest absolute Gasteiger partial charge is 0.0915 e. The molecule has 0 saturated heterocycles. The van der Waals surface area contributed by atoms with Crippen molar-refractivity contribution in [1.82, 2.24) is 0 Å². The van der Waals surface area contributed by atoms with Crippen LogP contribution in [0.1, 0.15) is 77.3 Å². The highest BCUT2D eigenvalue weighted by Crippen LogP contribution is 2.42. The summed E-state index contributed by atoms with van der Waals surface area (Å²) in [5.74, 6) is 0. The Morgan fingerprint density at radius 1 is 0.640 bits per heavy atom. The SMILES string of the molecule is CCCCC(C)(OC(C)(CCCC)c1ccccc1)c1ccccc1. The molecule has 0 spiro atoms. The van der Waals surface area contributed by atoms with Crippen LogP contribution in [-0.4, -0.2) is 0 Å². The second-order valence-corrected chi connectivity index (χ2v) is 7.50. The van der Waals surface area contributed by atoms with Crippen LogP contribution in [-0.2, 0) is 15.9 Å². The second-order valence-electron chi connectivity index (χ2n) is 7.50. The fraction of sp³-hybridized carbons (Fsp3) is 0.500. The van der Waals surface area contributed by atoms with E-state index in [1.54, 1.807) is 0 Å². The van der Waals surface area contributed by atoms with Gasteiger partial charge < -0.3 is 4.74 Å². The minimum absolute atomic E-state index is 0.268. The molecule has 2 rings (SSSR count). The van der Waals surface area contributed by atoms with Crippen LogP contribution < -0.4 is 0 Å². The van der Waals surface area contributed by atoms with E-state index >= 15 is 0 Å². The first kappa shape index (κ1) is 19.7. The summed E-state index contributed by atoms with van der Waals surface area (Å²) in [7, 11) is 0. The zero-order valence-corrected chi connectivity index (χ0v) is 16.4. The van der Waals surface area contributed by atoms with Crippen LogP contribution in [0.4, 0.5) is 0 Å². The molecule has 2 atom stereocenters. The molecular formula is C24H34O. The van der Waals surface area contributed by atoms with Crippen molar-refractivity contribution in [3.05, 3.63) is 71.8 Å². The first-order chi connectivity index (χ1) is 12.0. The summed E-state index contributed by atoms with van der Waals surface area (Å²) >= 11 is 0. The topological polar surface area (TPSA) is 9.23 Å². The molecule has 0 aliphatic rings. The molecule has 2 unspecified atom stereocenters. The van der Waals surface area contributed by atoms with Gasteiger partial charge in [-0.2, -0.15) is 0 Å². The first-order valence-electron chi connectivity index (χ1n) is 9.85. The number of hydrogen-bond acceptors (Lipinski definition) is 1. The molecule has 0 heterocycles. The predicted molar refractivity (Wildman–Crippen MR) is 108 cm³/mol. The molecule has 1 heteroatoms. The Morgan fingerprint density at radius 2 is 1.00 bits per heavy atom. The average Bonchev–Trinajstić information content (AvgIpc) is 2.66. The van der Waals surface area contributed by atoms with Gasteiger partial charge in [-0.1, -0.05) is 100 Å². The van der Waals surface area contributed by atoms with Gasteiger partial charge in [0.05, 0.1) is 11.2 Å². The molecule has 0 saturated carbocycles. The van der Waals surface area contributed by atoms with Crippen molar-refractivity contribution in [2.75, 3.05) is 0 Å². The maximum absolute atomic E-state index is 7.00. The van der Waals surface area contributed by atoms with Crippen molar-refractivity contribution in [2.24, 2.45) is 0 Å². The van der Waals surface area contributed by atoms with Gasteiger partial charge in [0.15, 0.2) is 0 Å². The molecular weight excluding hydrogens is 304 g/mol. The van der Waals surface area contributed by atoms with Crippen LogP contribution in [0.15, 0.2) is 60.7 Å². The number of unbranched alkanes of at least 4 members (excludes halogenated alkanes) is 2. The van der Waals surface area contributed by atoms with Crippen LogP contribution in [0, 0.1) is 0 Å². The van der Waals surface area contributed by atoms with E-state index in [1.807, 2.05) is 0 Å². The lowest BCUT2D eigenvalue weighted by molar-refractivity contribution is -0.160. The summed E-state index contributed by atoms with van der Waals surface area (Å²) < 4.78 is 7.00. The van der Waals surface area contributed by atoms with E-state index in [0.717, 1.165) is 12.8 Å². The molecule has 1 nitrogen and oxygen atoms in total. The maximum atomic E-state index is 7.00. The summed E-state index contributed by atoms with van der Waals surface area (Å²) in [4.78, 5) is 0. The molecule has 0 fully saturated rings. The molecule has 136 valence electrons. The molecule has 0 radical (unpaired) electrons. The second kappa shape index (κ2) is 9.20. The molecule has 2 aromatic carbocycles. The normalized spacial score (nSPS) is 16.2. The van der Waals surface area contributed by atoms with Gasteiger partial charge in [0, 0.05) is 0 Å². The Bertz CT molecular complexity index is 551. The predicted octanol–water partition coefficient (Wildman–Crippen LogP) is 7.21. The standard InChI is InChI=1S/C24H34O/c1-5-7-19-23(3,21-15-11-9-12-16-21)25-24(4,20-8-6-2)22-17-13-10-14-18-22/h9-18H,5-8,19-20H2,1-4H3. The summed E-state index contributed by atoms with van der Waals surface area (Å²) in [5, 5.41) is 0. The van der Waals surface area contributed by atoms with E-state index in [-0.39, 0.29) is 11.2 Å². The summed E-state index contributed by atoms with van der Waals surface area (Å²) in [6.07, 6.45) is 6.80. The van der Waals surface area contributed by atoms with Gasteiger partial charge >= 0.3 is 0 Å². The highest BCUT2D eigenvalue weighted by atomic mass is 16.5. The summed E-state index contributed by atoms with van der Waals surface area (Å²) in [6, 6.07) is 21.5. The van der Waals surface area contributed by atoms with E-state index in [0.29, 0.717) is 0 Å². The first-order valence-corrected chi connectivity index (χ1v) is 9.85. The van der Waals surface area contributed by atoms with E-state index < -0.39 is 0 Å². The quantitative estimate of drug-likeness (QED) is 0.444. The Labute approximate surface area is 154 Å². The van der Waals surface area contributed by atoms with Gasteiger partial charge in [-0.15, -0.1) is 0 Å². The van der Waals surface area contributed by atoms with Crippen LogP contribution >= 0.6 is 0 Å². The van der Waals surface area contributed by atoms with Crippen molar-refractivity contribution in [3.8, 4) is 0 Å². The lowest BCUT2D eigenvalue weighted by atomic mass is 9.85. The molecule has 0 bridgehead atoms. The lowest BCUT2D eigenvalue weighted by Gasteiger charge is -2.42. The van der Waals surface area contributed by atoms with Gasteiger partial charge in [0.25, 0.3) is 0 Å². The van der Waals surface area contributed by atoms with E-state index in [4.69, 9.17) is 4.74 Å². The number of hydrogen-bond donors (Lipinski definition) is 0. The van der Waals surface area contributed by atoms with Crippen molar-refractivity contribution in [2.45, 2.75) is 77.4 Å². The van der Waals surface area contributed by atoms with Gasteiger partial charge in [-0.05, 0) is 37.8 Å². The largest absolute Gasteiger partial charge is 0.360 e. The van der Waals surface area contributed by atoms with Crippen LogP contribution in [0.25, 0.3) is 0 Å². The van der Waals surface area contributed by atoms with Crippen molar-refractivity contribution in [1.29, 1.82) is 0 Å². The Kier molecular flexibility index (Phi) is 7.25. The average molecular weight is 339 g/mol. The Balaban J connectivity index is 2.38. The highest BCUT2D eigenvalue weighted by molar-refractivity contribution is 5.25. The Morgan fingerprint density at radius 3 is 1.32 bits per heavy atom. The zero-order valence-electron chi connectivity index (χ0n) is 16.4.